The van der Waals surface area contributed by atoms with Crippen molar-refractivity contribution in [2.24, 2.45) is 0 Å². The van der Waals surface area contributed by atoms with E-state index in [1.54, 1.807) is 6.92 Å². The molecule has 0 aliphatic heterocycles. The monoisotopic (exact) mass is 187 g/mol. The molecule has 1 amide bonds. The minimum absolute atomic E-state index is 0.0459. The standard InChI is InChI=1S/C9H17NO3/c1-4-7(11)10-9(2,3)6-5-8(12)13/h4-6H2,1-3H3,(H,10,11)(H,12,13). The van der Waals surface area contributed by atoms with Crippen LogP contribution in [0.2, 0.25) is 0 Å². The quantitative estimate of drug-likeness (QED) is 0.678. The molecule has 0 aliphatic rings. The molecule has 0 radical (unpaired) electrons. The molecule has 0 aromatic rings. The lowest BCUT2D eigenvalue weighted by molar-refractivity contribution is -0.137. The van der Waals surface area contributed by atoms with Crippen LogP contribution in [-0.2, 0) is 9.59 Å². The molecule has 2 N–H and O–H groups in total. The molecule has 13 heavy (non-hydrogen) atoms. The smallest absolute Gasteiger partial charge is 0.303 e. The molecule has 0 aromatic carbocycles. The molecule has 0 aliphatic carbocycles. The van der Waals surface area contributed by atoms with Gasteiger partial charge in [0.25, 0.3) is 0 Å². The third-order valence-corrected chi connectivity index (χ3v) is 1.76. The van der Waals surface area contributed by atoms with Crippen molar-refractivity contribution in [2.45, 2.75) is 45.6 Å². The van der Waals surface area contributed by atoms with Gasteiger partial charge in [0.05, 0.1) is 0 Å². The zero-order chi connectivity index (χ0) is 10.5. The average molecular weight is 187 g/mol. The van der Waals surface area contributed by atoms with Crippen LogP contribution in [0.4, 0.5) is 0 Å². The van der Waals surface area contributed by atoms with E-state index in [2.05, 4.69) is 5.32 Å². The van der Waals surface area contributed by atoms with Crippen molar-refractivity contribution < 1.29 is 14.7 Å². The van der Waals surface area contributed by atoms with Crippen LogP contribution < -0.4 is 5.32 Å². The van der Waals surface area contributed by atoms with Crippen LogP contribution in [-0.4, -0.2) is 22.5 Å². The first-order valence-corrected chi connectivity index (χ1v) is 4.40. The second kappa shape index (κ2) is 4.84. The van der Waals surface area contributed by atoms with Crippen molar-refractivity contribution in [3.63, 3.8) is 0 Å². The second-order valence-corrected chi connectivity index (χ2v) is 3.68. The van der Waals surface area contributed by atoms with E-state index in [1.807, 2.05) is 13.8 Å². The van der Waals surface area contributed by atoms with Gasteiger partial charge in [-0.15, -0.1) is 0 Å². The number of carboxylic acids is 1. The molecule has 0 spiro atoms. The molecule has 0 aromatic heterocycles. The SMILES string of the molecule is CCC(=O)NC(C)(C)CCC(=O)O. The topological polar surface area (TPSA) is 66.4 Å². The number of carbonyl (C=O) groups is 2. The molecule has 76 valence electrons. The molecule has 4 heteroatoms. The number of carbonyl (C=O) groups excluding carboxylic acids is 1. The summed E-state index contributed by atoms with van der Waals surface area (Å²) in [4.78, 5) is 21.3. The Balaban J connectivity index is 3.92. The molecule has 0 saturated carbocycles. The van der Waals surface area contributed by atoms with Gasteiger partial charge in [0.1, 0.15) is 0 Å². The molecular weight excluding hydrogens is 170 g/mol. The van der Waals surface area contributed by atoms with Crippen molar-refractivity contribution in [2.75, 3.05) is 0 Å². The van der Waals surface area contributed by atoms with Gasteiger partial charge in [0.15, 0.2) is 0 Å². The number of hydrogen-bond acceptors (Lipinski definition) is 2. The molecule has 4 nitrogen and oxygen atoms in total. The zero-order valence-electron chi connectivity index (χ0n) is 8.39. The van der Waals surface area contributed by atoms with Gasteiger partial charge in [-0.1, -0.05) is 6.92 Å². The summed E-state index contributed by atoms with van der Waals surface area (Å²) in [5.74, 6) is -0.880. The third kappa shape index (κ3) is 6.13. The average Bonchev–Trinajstić information content (AvgIpc) is 2.00. The summed E-state index contributed by atoms with van der Waals surface area (Å²) in [6.07, 6.45) is 0.960. The number of carboxylic acid groups (broad SMARTS) is 1. The molecule has 0 rings (SSSR count). The lowest BCUT2D eigenvalue weighted by Gasteiger charge is -2.25. The van der Waals surface area contributed by atoms with E-state index in [4.69, 9.17) is 5.11 Å². The maximum absolute atomic E-state index is 11.0. The Morgan fingerprint density at radius 1 is 1.38 bits per heavy atom. The molecule has 0 atom stereocenters. The summed E-state index contributed by atoms with van der Waals surface area (Å²) in [5.41, 5.74) is -0.425. The van der Waals surface area contributed by atoms with Crippen molar-refractivity contribution >= 4 is 11.9 Å². The first-order chi connectivity index (χ1) is 5.87. The van der Waals surface area contributed by atoms with E-state index in [1.165, 1.54) is 0 Å². The van der Waals surface area contributed by atoms with Gasteiger partial charge in [-0.3, -0.25) is 9.59 Å². The Kier molecular flexibility index (Phi) is 4.45. The summed E-state index contributed by atoms with van der Waals surface area (Å²) in [6, 6.07) is 0. The van der Waals surface area contributed by atoms with Crippen molar-refractivity contribution in [1.82, 2.24) is 5.32 Å². The van der Waals surface area contributed by atoms with Crippen molar-refractivity contribution in [3.8, 4) is 0 Å². The summed E-state index contributed by atoms with van der Waals surface area (Å²) >= 11 is 0. The van der Waals surface area contributed by atoms with Gasteiger partial charge < -0.3 is 10.4 Å². The number of hydrogen-bond donors (Lipinski definition) is 2. The van der Waals surface area contributed by atoms with E-state index in [-0.39, 0.29) is 12.3 Å². The maximum Gasteiger partial charge on any atom is 0.303 e. The predicted molar refractivity (Wildman–Crippen MR) is 49.4 cm³/mol. The highest BCUT2D eigenvalue weighted by Gasteiger charge is 2.20. The minimum Gasteiger partial charge on any atom is -0.481 e. The molecule has 0 fully saturated rings. The fourth-order valence-corrected chi connectivity index (χ4v) is 0.948. The number of nitrogens with one attached hydrogen (secondary N) is 1. The molecule has 0 unspecified atom stereocenters. The minimum atomic E-state index is -0.834. The van der Waals surface area contributed by atoms with Crippen molar-refractivity contribution in [3.05, 3.63) is 0 Å². The van der Waals surface area contributed by atoms with Crippen LogP contribution in [0.25, 0.3) is 0 Å². The van der Waals surface area contributed by atoms with Gasteiger partial charge in [0.2, 0.25) is 5.91 Å². The highest BCUT2D eigenvalue weighted by atomic mass is 16.4. The van der Waals surface area contributed by atoms with E-state index in [0.717, 1.165) is 0 Å². The van der Waals surface area contributed by atoms with E-state index >= 15 is 0 Å². The second-order valence-electron chi connectivity index (χ2n) is 3.68. The van der Waals surface area contributed by atoms with Crippen LogP contribution >= 0.6 is 0 Å². The van der Waals surface area contributed by atoms with E-state index < -0.39 is 11.5 Å². The predicted octanol–water partition coefficient (Wildman–Crippen LogP) is 1.16. The normalized spacial score (nSPS) is 11.0. The Labute approximate surface area is 78.3 Å². The molecule has 0 heterocycles. The number of amides is 1. The Morgan fingerprint density at radius 3 is 2.31 bits per heavy atom. The van der Waals surface area contributed by atoms with E-state index in [0.29, 0.717) is 12.8 Å². The Hall–Kier alpha value is -1.06. The summed E-state index contributed by atoms with van der Waals surface area (Å²) in [7, 11) is 0. The molecular formula is C9H17NO3. The Morgan fingerprint density at radius 2 is 1.92 bits per heavy atom. The van der Waals surface area contributed by atoms with Crippen LogP contribution in [0.5, 0.6) is 0 Å². The zero-order valence-corrected chi connectivity index (χ0v) is 8.39. The van der Waals surface area contributed by atoms with Gasteiger partial charge in [-0.05, 0) is 20.3 Å². The summed E-state index contributed by atoms with van der Waals surface area (Å²) < 4.78 is 0. The molecule has 0 bridgehead atoms. The first kappa shape index (κ1) is 11.9. The fourth-order valence-electron chi connectivity index (χ4n) is 0.948. The lowest BCUT2D eigenvalue weighted by Crippen LogP contribution is -2.43. The number of rotatable bonds is 5. The largest absolute Gasteiger partial charge is 0.481 e. The van der Waals surface area contributed by atoms with Crippen LogP contribution in [0.15, 0.2) is 0 Å². The summed E-state index contributed by atoms with van der Waals surface area (Å²) in [5, 5.41) is 11.2. The van der Waals surface area contributed by atoms with Gasteiger partial charge in [0, 0.05) is 18.4 Å². The van der Waals surface area contributed by atoms with Gasteiger partial charge in [-0.25, -0.2) is 0 Å². The van der Waals surface area contributed by atoms with Crippen LogP contribution in [0.3, 0.4) is 0 Å². The number of aliphatic carboxylic acids is 1. The van der Waals surface area contributed by atoms with Gasteiger partial charge in [-0.2, -0.15) is 0 Å². The first-order valence-electron chi connectivity index (χ1n) is 4.40. The third-order valence-electron chi connectivity index (χ3n) is 1.76. The van der Waals surface area contributed by atoms with Gasteiger partial charge >= 0.3 is 5.97 Å². The van der Waals surface area contributed by atoms with Crippen LogP contribution in [0, 0.1) is 0 Å². The highest BCUT2D eigenvalue weighted by Crippen LogP contribution is 2.11. The lowest BCUT2D eigenvalue weighted by atomic mass is 9.98. The van der Waals surface area contributed by atoms with Crippen LogP contribution in [0.1, 0.15) is 40.0 Å². The molecule has 0 saturated heterocycles. The summed E-state index contributed by atoms with van der Waals surface area (Å²) in [6.45, 7) is 5.41. The van der Waals surface area contributed by atoms with Crippen molar-refractivity contribution in [1.29, 1.82) is 0 Å². The maximum atomic E-state index is 11.0. The highest BCUT2D eigenvalue weighted by molar-refractivity contribution is 5.76. The van der Waals surface area contributed by atoms with E-state index in [9.17, 15) is 9.59 Å². The fraction of sp³-hybridized carbons (Fsp3) is 0.778. The Bertz CT molecular complexity index is 199.